The van der Waals surface area contributed by atoms with Gasteiger partial charge >= 0.3 is 0 Å². The second kappa shape index (κ2) is 9.52. The predicted octanol–water partition coefficient (Wildman–Crippen LogP) is 5.90. The molecule has 3 rings (SSSR count). The summed E-state index contributed by atoms with van der Waals surface area (Å²) in [5, 5.41) is 3.33. The van der Waals surface area contributed by atoms with Gasteiger partial charge in [0.2, 0.25) is 5.91 Å². The Kier molecular flexibility index (Phi) is 7.08. The first-order valence-electron chi connectivity index (χ1n) is 9.36. The number of alkyl halides is 1. The van der Waals surface area contributed by atoms with Gasteiger partial charge in [-0.1, -0.05) is 24.1 Å². The monoisotopic (exact) mass is 403 g/mol. The van der Waals surface area contributed by atoms with E-state index in [0.29, 0.717) is 11.7 Å². The Balaban J connectivity index is 1.55. The van der Waals surface area contributed by atoms with Gasteiger partial charge in [-0.3, -0.25) is 4.79 Å². The first-order valence-corrected chi connectivity index (χ1v) is 10.7. The maximum atomic E-state index is 12.5. The minimum atomic E-state index is 0.00618. The molecule has 3 unspecified atom stereocenters. The number of amides is 1. The van der Waals surface area contributed by atoms with Crippen LogP contribution in [0.1, 0.15) is 31.2 Å². The molecule has 0 saturated heterocycles. The minimum Gasteiger partial charge on any atom is -0.497 e. The molecule has 1 fully saturated rings. The largest absolute Gasteiger partial charge is 0.497 e. The Labute approximate surface area is 170 Å². The number of hydrogen-bond acceptors (Lipinski definition) is 3. The number of methoxy groups -OCH3 is 1. The lowest BCUT2D eigenvalue weighted by atomic mass is 9.86. The van der Waals surface area contributed by atoms with Crippen molar-refractivity contribution in [3.8, 4) is 5.75 Å². The van der Waals surface area contributed by atoms with Crippen molar-refractivity contribution in [2.75, 3.05) is 12.4 Å². The van der Waals surface area contributed by atoms with Crippen molar-refractivity contribution >= 4 is 35.0 Å². The van der Waals surface area contributed by atoms with E-state index in [4.69, 9.17) is 16.3 Å². The van der Waals surface area contributed by atoms with Crippen LogP contribution >= 0.6 is 23.4 Å². The summed E-state index contributed by atoms with van der Waals surface area (Å²) in [6.45, 7) is 2.09. The molecule has 1 N–H and O–H groups in total. The standard InChI is InChI=1S/C22H26ClNO2S/c1-15-6-12-19(13-7-15)27-20-5-3-4-16(22(20)23)14-21(25)24-17-8-10-18(26-2)11-9-17/h6-13,16,20,22H,3-5,14H2,1-2H3,(H,24,25). The number of halogens is 1. The molecule has 2 aromatic rings. The van der Waals surface area contributed by atoms with E-state index in [1.54, 1.807) is 7.11 Å². The van der Waals surface area contributed by atoms with E-state index in [-0.39, 0.29) is 17.2 Å². The number of benzene rings is 2. The first-order chi connectivity index (χ1) is 13.0. The maximum absolute atomic E-state index is 12.5. The van der Waals surface area contributed by atoms with Crippen LogP contribution in [0.3, 0.4) is 0 Å². The lowest BCUT2D eigenvalue weighted by molar-refractivity contribution is -0.117. The molecule has 5 heteroatoms. The van der Waals surface area contributed by atoms with Crippen molar-refractivity contribution in [1.82, 2.24) is 0 Å². The fraction of sp³-hybridized carbons (Fsp3) is 0.409. The molecule has 0 bridgehead atoms. The summed E-state index contributed by atoms with van der Waals surface area (Å²) in [5.41, 5.74) is 2.05. The molecule has 3 nitrogen and oxygen atoms in total. The molecule has 1 saturated carbocycles. The third-order valence-electron chi connectivity index (χ3n) is 5.00. The lowest BCUT2D eigenvalue weighted by Crippen LogP contribution is -2.33. The van der Waals surface area contributed by atoms with Crippen LogP contribution < -0.4 is 10.1 Å². The average Bonchev–Trinajstić information content (AvgIpc) is 2.67. The Bertz CT molecular complexity index is 748. The highest BCUT2D eigenvalue weighted by molar-refractivity contribution is 8.00. The number of hydrogen-bond donors (Lipinski definition) is 1. The molecule has 1 amide bonds. The number of rotatable bonds is 6. The summed E-state index contributed by atoms with van der Waals surface area (Å²) >= 11 is 8.64. The smallest absolute Gasteiger partial charge is 0.224 e. The van der Waals surface area contributed by atoms with Crippen LogP contribution in [0.4, 0.5) is 5.69 Å². The number of nitrogens with one attached hydrogen (secondary N) is 1. The van der Waals surface area contributed by atoms with Crippen LogP contribution in [-0.4, -0.2) is 23.6 Å². The van der Waals surface area contributed by atoms with Gasteiger partial charge in [0.05, 0.1) is 7.11 Å². The highest BCUT2D eigenvalue weighted by atomic mass is 35.5. The number of carbonyl (C=O) groups excluding carboxylic acids is 1. The Morgan fingerprint density at radius 2 is 1.85 bits per heavy atom. The molecule has 0 aliphatic heterocycles. The molecule has 3 atom stereocenters. The van der Waals surface area contributed by atoms with Crippen molar-refractivity contribution in [3.05, 3.63) is 54.1 Å². The SMILES string of the molecule is COc1ccc(NC(=O)CC2CCCC(Sc3ccc(C)cc3)C2Cl)cc1. The van der Waals surface area contributed by atoms with Gasteiger partial charge in [0.1, 0.15) is 5.75 Å². The average molecular weight is 404 g/mol. The molecule has 0 spiro atoms. The molecule has 0 radical (unpaired) electrons. The van der Waals surface area contributed by atoms with E-state index < -0.39 is 0 Å². The maximum Gasteiger partial charge on any atom is 0.224 e. The van der Waals surface area contributed by atoms with Gasteiger partial charge in [-0.15, -0.1) is 23.4 Å². The van der Waals surface area contributed by atoms with E-state index in [2.05, 4.69) is 36.5 Å². The van der Waals surface area contributed by atoms with Crippen molar-refractivity contribution in [1.29, 1.82) is 0 Å². The van der Waals surface area contributed by atoms with E-state index >= 15 is 0 Å². The Morgan fingerprint density at radius 3 is 2.52 bits per heavy atom. The zero-order valence-corrected chi connectivity index (χ0v) is 17.4. The third-order valence-corrected chi connectivity index (χ3v) is 7.18. The van der Waals surface area contributed by atoms with E-state index in [1.807, 2.05) is 36.0 Å². The number of carbonyl (C=O) groups is 1. The van der Waals surface area contributed by atoms with E-state index in [1.165, 1.54) is 10.5 Å². The van der Waals surface area contributed by atoms with Crippen molar-refractivity contribution in [2.45, 2.75) is 48.1 Å². The molecule has 0 heterocycles. The van der Waals surface area contributed by atoms with Crippen LogP contribution in [0.5, 0.6) is 5.75 Å². The number of aryl methyl sites for hydroxylation is 1. The van der Waals surface area contributed by atoms with Gasteiger partial charge < -0.3 is 10.1 Å². The van der Waals surface area contributed by atoms with Crippen LogP contribution in [-0.2, 0) is 4.79 Å². The number of ether oxygens (including phenoxy) is 1. The molecule has 27 heavy (non-hydrogen) atoms. The minimum absolute atomic E-state index is 0.00618. The summed E-state index contributed by atoms with van der Waals surface area (Å²) in [5.74, 6) is 1.01. The van der Waals surface area contributed by atoms with Crippen LogP contribution in [0.25, 0.3) is 0 Å². The normalized spacial score (nSPS) is 22.3. The topological polar surface area (TPSA) is 38.3 Å². The second-order valence-corrected chi connectivity index (χ2v) is 8.90. The van der Waals surface area contributed by atoms with Crippen LogP contribution in [0.2, 0.25) is 0 Å². The van der Waals surface area contributed by atoms with Gasteiger partial charge in [-0.2, -0.15) is 0 Å². The quantitative estimate of drug-likeness (QED) is 0.610. The van der Waals surface area contributed by atoms with Crippen molar-refractivity contribution in [3.63, 3.8) is 0 Å². The third kappa shape index (κ3) is 5.66. The number of anilines is 1. The van der Waals surface area contributed by atoms with Gasteiger partial charge in [-0.25, -0.2) is 0 Å². The molecule has 144 valence electrons. The van der Waals surface area contributed by atoms with Crippen molar-refractivity contribution in [2.24, 2.45) is 5.92 Å². The fourth-order valence-electron chi connectivity index (χ4n) is 3.46. The summed E-state index contributed by atoms with van der Waals surface area (Å²) in [6.07, 6.45) is 3.69. The molecule has 1 aliphatic rings. The summed E-state index contributed by atoms with van der Waals surface area (Å²) in [6, 6.07) is 16.0. The Morgan fingerprint density at radius 1 is 1.15 bits per heavy atom. The van der Waals surface area contributed by atoms with Gasteiger partial charge in [0, 0.05) is 27.6 Å². The van der Waals surface area contributed by atoms with E-state index in [0.717, 1.165) is 30.7 Å². The highest BCUT2D eigenvalue weighted by Crippen LogP contribution is 2.40. The Hall–Kier alpha value is -1.65. The molecule has 1 aliphatic carbocycles. The zero-order valence-electron chi connectivity index (χ0n) is 15.8. The van der Waals surface area contributed by atoms with Gasteiger partial charge in [-0.05, 0) is 62.1 Å². The van der Waals surface area contributed by atoms with Crippen LogP contribution in [0, 0.1) is 12.8 Å². The summed E-state index contributed by atoms with van der Waals surface area (Å²) in [7, 11) is 1.63. The predicted molar refractivity (Wildman–Crippen MR) is 114 cm³/mol. The van der Waals surface area contributed by atoms with Crippen molar-refractivity contribution < 1.29 is 9.53 Å². The first kappa shape index (κ1) is 20.1. The highest BCUT2D eigenvalue weighted by Gasteiger charge is 2.33. The summed E-state index contributed by atoms with van der Waals surface area (Å²) in [4.78, 5) is 13.7. The zero-order chi connectivity index (χ0) is 19.2. The molecule has 2 aromatic carbocycles. The number of thioether (sulfide) groups is 1. The van der Waals surface area contributed by atoms with Gasteiger partial charge in [0.15, 0.2) is 0 Å². The lowest BCUT2D eigenvalue weighted by Gasteiger charge is -2.33. The summed E-state index contributed by atoms with van der Waals surface area (Å²) < 4.78 is 5.14. The van der Waals surface area contributed by atoms with Crippen LogP contribution in [0.15, 0.2) is 53.4 Å². The second-order valence-electron chi connectivity index (χ2n) is 7.09. The molecule has 0 aromatic heterocycles. The molecular formula is C22H26ClNO2S. The fourth-order valence-corrected chi connectivity index (χ4v) is 5.23. The van der Waals surface area contributed by atoms with Gasteiger partial charge in [0.25, 0.3) is 0 Å². The van der Waals surface area contributed by atoms with E-state index in [9.17, 15) is 4.79 Å². The molecular weight excluding hydrogens is 378 g/mol.